The molecule has 0 aliphatic rings. The minimum Gasteiger partial charge on any atom is -0.468 e. The van der Waals surface area contributed by atoms with E-state index in [9.17, 15) is 4.79 Å². The smallest absolute Gasteiger partial charge is 0.322 e. The molecule has 20 heavy (non-hydrogen) atoms. The van der Waals surface area contributed by atoms with Crippen LogP contribution in [0.1, 0.15) is 33.6 Å². The molecular formula is C15H33N3O2. The van der Waals surface area contributed by atoms with Crippen LogP contribution in [0.2, 0.25) is 0 Å². The molecule has 1 N–H and O–H groups in total. The maximum atomic E-state index is 11.7. The highest BCUT2D eigenvalue weighted by Gasteiger charge is 2.20. The van der Waals surface area contributed by atoms with E-state index in [0.717, 1.165) is 39.0 Å². The molecule has 0 rings (SSSR count). The van der Waals surface area contributed by atoms with Gasteiger partial charge in [0, 0.05) is 12.6 Å². The van der Waals surface area contributed by atoms with Crippen LogP contribution in [-0.4, -0.2) is 75.2 Å². The van der Waals surface area contributed by atoms with Gasteiger partial charge < -0.3 is 19.9 Å². The zero-order chi connectivity index (χ0) is 15.5. The molecule has 1 unspecified atom stereocenters. The molecular weight excluding hydrogens is 254 g/mol. The first-order chi connectivity index (χ1) is 9.40. The van der Waals surface area contributed by atoms with Crippen molar-refractivity contribution in [2.45, 2.75) is 45.7 Å². The van der Waals surface area contributed by atoms with Gasteiger partial charge in [-0.2, -0.15) is 0 Å². The first kappa shape index (κ1) is 19.4. The molecule has 5 heteroatoms. The molecule has 0 amide bonds. The van der Waals surface area contributed by atoms with Crippen LogP contribution in [0.25, 0.3) is 0 Å². The van der Waals surface area contributed by atoms with Crippen LogP contribution in [-0.2, 0) is 9.53 Å². The highest BCUT2D eigenvalue weighted by atomic mass is 16.5. The molecule has 0 bridgehead atoms. The average Bonchev–Trinajstić information content (AvgIpc) is 2.39. The van der Waals surface area contributed by atoms with Gasteiger partial charge in [-0.15, -0.1) is 0 Å². The van der Waals surface area contributed by atoms with Gasteiger partial charge in [0.15, 0.2) is 0 Å². The Morgan fingerprint density at radius 3 is 2.30 bits per heavy atom. The first-order valence-corrected chi connectivity index (χ1v) is 7.61. The van der Waals surface area contributed by atoms with E-state index < -0.39 is 0 Å². The summed E-state index contributed by atoms with van der Waals surface area (Å²) in [6, 6.07) is 0.0748. The van der Waals surface area contributed by atoms with Crippen LogP contribution < -0.4 is 5.32 Å². The number of hydrogen-bond donors (Lipinski definition) is 1. The van der Waals surface area contributed by atoms with Crippen molar-refractivity contribution in [3.05, 3.63) is 0 Å². The summed E-state index contributed by atoms with van der Waals surface area (Å²) in [5.41, 5.74) is 0. The van der Waals surface area contributed by atoms with Crippen molar-refractivity contribution in [2.24, 2.45) is 0 Å². The van der Waals surface area contributed by atoms with E-state index in [1.54, 1.807) is 0 Å². The van der Waals surface area contributed by atoms with E-state index in [-0.39, 0.29) is 18.1 Å². The maximum absolute atomic E-state index is 11.7. The molecule has 0 aliphatic carbocycles. The fraction of sp³-hybridized carbons (Fsp3) is 0.933. The molecule has 0 aromatic rings. The molecule has 0 radical (unpaired) electrons. The molecule has 0 aromatic heterocycles. The van der Waals surface area contributed by atoms with E-state index in [4.69, 9.17) is 4.74 Å². The average molecular weight is 287 g/mol. The highest BCUT2D eigenvalue weighted by molar-refractivity contribution is 5.75. The minimum absolute atomic E-state index is 0.164. The van der Waals surface area contributed by atoms with Gasteiger partial charge in [0.2, 0.25) is 0 Å². The fourth-order valence-corrected chi connectivity index (χ4v) is 2.16. The number of esters is 1. The van der Waals surface area contributed by atoms with Gasteiger partial charge in [-0.3, -0.25) is 4.79 Å². The zero-order valence-electron chi connectivity index (χ0n) is 14.1. The van der Waals surface area contributed by atoms with Gasteiger partial charge in [0.05, 0.1) is 7.11 Å². The third-order valence-electron chi connectivity index (χ3n) is 3.28. The summed E-state index contributed by atoms with van der Waals surface area (Å²) in [6.07, 6.45) is 1.95. The standard InChI is InChI=1S/C15H33N3O2/c1-7-18(11-8-10-17(4)5)12-9-14(15(19)20-6)16-13(2)3/h13-14,16H,7-12H2,1-6H3. The summed E-state index contributed by atoms with van der Waals surface area (Å²) in [7, 11) is 5.64. The van der Waals surface area contributed by atoms with Crippen molar-refractivity contribution < 1.29 is 9.53 Å². The predicted octanol–water partition coefficient (Wildman–Crippen LogP) is 1.19. The molecule has 5 nitrogen and oxygen atoms in total. The summed E-state index contributed by atoms with van der Waals surface area (Å²) >= 11 is 0. The molecule has 0 aromatic carbocycles. The number of carbonyl (C=O) groups excluding carboxylic acids is 1. The van der Waals surface area contributed by atoms with Crippen molar-refractivity contribution >= 4 is 5.97 Å². The molecule has 0 aliphatic heterocycles. The molecule has 1 atom stereocenters. The quantitative estimate of drug-likeness (QED) is 0.578. The number of nitrogens with zero attached hydrogens (tertiary/aromatic N) is 2. The number of ether oxygens (including phenoxy) is 1. The van der Waals surface area contributed by atoms with Crippen molar-refractivity contribution in [1.82, 2.24) is 15.1 Å². The lowest BCUT2D eigenvalue weighted by Crippen LogP contribution is -2.44. The molecule has 0 saturated carbocycles. The van der Waals surface area contributed by atoms with Crippen LogP contribution in [0.15, 0.2) is 0 Å². The van der Waals surface area contributed by atoms with Crippen molar-refractivity contribution in [3.63, 3.8) is 0 Å². The Labute approximate surface area is 124 Å². The lowest BCUT2D eigenvalue weighted by molar-refractivity contribution is -0.143. The third kappa shape index (κ3) is 9.28. The van der Waals surface area contributed by atoms with Gasteiger partial charge in [-0.05, 0) is 46.6 Å². The summed E-state index contributed by atoms with van der Waals surface area (Å²) < 4.78 is 4.87. The highest BCUT2D eigenvalue weighted by Crippen LogP contribution is 2.02. The number of nitrogens with one attached hydrogen (secondary N) is 1. The fourth-order valence-electron chi connectivity index (χ4n) is 2.16. The first-order valence-electron chi connectivity index (χ1n) is 7.61. The lowest BCUT2D eigenvalue weighted by atomic mass is 10.1. The molecule has 120 valence electrons. The largest absolute Gasteiger partial charge is 0.468 e. The summed E-state index contributed by atoms with van der Waals surface area (Å²) in [5, 5.41) is 3.27. The lowest BCUT2D eigenvalue weighted by Gasteiger charge is -2.25. The van der Waals surface area contributed by atoms with Crippen LogP contribution in [0.4, 0.5) is 0 Å². The normalized spacial score (nSPS) is 13.2. The van der Waals surface area contributed by atoms with Crippen LogP contribution in [0.3, 0.4) is 0 Å². The van der Waals surface area contributed by atoms with Gasteiger partial charge in [0.1, 0.15) is 6.04 Å². The Bertz CT molecular complexity index is 258. The van der Waals surface area contributed by atoms with Crippen LogP contribution >= 0.6 is 0 Å². The van der Waals surface area contributed by atoms with Gasteiger partial charge >= 0.3 is 5.97 Å². The maximum Gasteiger partial charge on any atom is 0.322 e. The molecule has 0 spiro atoms. The Balaban J connectivity index is 4.17. The van der Waals surface area contributed by atoms with E-state index in [0.29, 0.717) is 0 Å². The summed E-state index contributed by atoms with van der Waals surface area (Å²) in [6.45, 7) is 10.4. The Morgan fingerprint density at radius 2 is 1.85 bits per heavy atom. The second-order valence-electron chi connectivity index (χ2n) is 5.78. The Morgan fingerprint density at radius 1 is 1.20 bits per heavy atom. The van der Waals surface area contributed by atoms with Gasteiger partial charge in [-0.25, -0.2) is 0 Å². The Hall–Kier alpha value is -0.650. The van der Waals surface area contributed by atoms with Crippen LogP contribution in [0.5, 0.6) is 0 Å². The topological polar surface area (TPSA) is 44.8 Å². The molecule has 0 saturated heterocycles. The summed E-state index contributed by atoms with van der Waals surface area (Å²) in [5.74, 6) is -0.164. The van der Waals surface area contributed by atoms with E-state index in [1.807, 2.05) is 13.8 Å². The third-order valence-corrected chi connectivity index (χ3v) is 3.28. The SMILES string of the molecule is CCN(CCCN(C)C)CCC(NC(C)C)C(=O)OC. The van der Waals surface area contributed by atoms with Crippen molar-refractivity contribution in [1.29, 1.82) is 0 Å². The second kappa shape index (κ2) is 11.1. The minimum atomic E-state index is -0.206. The molecule has 0 heterocycles. The van der Waals surface area contributed by atoms with Crippen molar-refractivity contribution in [3.8, 4) is 0 Å². The predicted molar refractivity (Wildman–Crippen MR) is 84.0 cm³/mol. The Kier molecular flexibility index (Phi) is 10.7. The number of methoxy groups -OCH3 is 1. The van der Waals surface area contributed by atoms with Gasteiger partial charge in [0.25, 0.3) is 0 Å². The van der Waals surface area contributed by atoms with Gasteiger partial charge in [-0.1, -0.05) is 20.8 Å². The number of hydrogen-bond acceptors (Lipinski definition) is 5. The second-order valence-corrected chi connectivity index (χ2v) is 5.78. The monoisotopic (exact) mass is 287 g/mol. The summed E-state index contributed by atoms with van der Waals surface area (Å²) in [4.78, 5) is 16.3. The number of rotatable bonds is 11. The molecule has 0 fully saturated rings. The number of carbonyl (C=O) groups is 1. The zero-order valence-corrected chi connectivity index (χ0v) is 14.1. The van der Waals surface area contributed by atoms with E-state index >= 15 is 0 Å². The van der Waals surface area contributed by atoms with E-state index in [2.05, 4.69) is 36.1 Å². The van der Waals surface area contributed by atoms with Crippen molar-refractivity contribution in [2.75, 3.05) is 47.4 Å². The van der Waals surface area contributed by atoms with E-state index in [1.165, 1.54) is 7.11 Å². The van der Waals surface area contributed by atoms with Crippen LogP contribution in [0, 0.1) is 0 Å².